The minimum Gasteiger partial charge on any atom is -0.320 e. The van der Waals surface area contributed by atoms with Crippen molar-refractivity contribution in [2.45, 2.75) is 134 Å². The number of nitrogens with zero attached hydrogens (tertiary/aromatic N) is 3. The van der Waals surface area contributed by atoms with E-state index in [1.165, 1.54) is 24.8 Å². The third-order valence-corrected chi connectivity index (χ3v) is 10.9. The standard InChI is InChI=1S/C14H22N2OS.C10H14N2.C8H15NOS/c1-11-6-7-12(15-10-11)14(8-5-9-14)16-18(17)13(2,3)4;1-8-3-4-9(12-7-8)10(11)5-2-6-10;1-8(2,3)11(10)9-7-5-4-6-7/h6-7,10,16H,5,8-9H2,1-4H3;3-4,7H,2,5-6,11H2,1H3;4-6H2,1-3H3/t18-;;11-/m1.1/s1. The highest BCUT2D eigenvalue weighted by atomic mass is 32.2. The van der Waals surface area contributed by atoms with Crippen LogP contribution in [0.4, 0.5) is 0 Å². The molecule has 0 saturated heterocycles. The zero-order chi connectivity index (χ0) is 30.5. The van der Waals surface area contributed by atoms with Crippen LogP contribution in [0.5, 0.6) is 0 Å². The van der Waals surface area contributed by atoms with Crippen molar-refractivity contribution in [2.75, 3.05) is 0 Å². The normalized spacial score (nSPS) is 20.4. The molecule has 228 valence electrons. The fraction of sp³-hybridized carbons (Fsp3) is 0.656. The summed E-state index contributed by atoms with van der Waals surface area (Å²) in [6, 6.07) is 8.26. The minimum absolute atomic E-state index is 0.103. The Balaban J connectivity index is 0.000000176. The van der Waals surface area contributed by atoms with E-state index >= 15 is 0 Å². The molecule has 2 atom stereocenters. The number of aromatic nitrogens is 2. The number of aryl methyl sites for hydroxylation is 2. The molecular formula is C32H51N5O2S2. The van der Waals surface area contributed by atoms with Crippen molar-refractivity contribution in [2.24, 2.45) is 10.1 Å². The van der Waals surface area contributed by atoms with Gasteiger partial charge in [0.1, 0.15) is 11.0 Å². The molecule has 0 aliphatic heterocycles. The first kappa shape index (κ1) is 33.7. The van der Waals surface area contributed by atoms with E-state index in [-0.39, 0.29) is 20.6 Å². The van der Waals surface area contributed by atoms with Crippen LogP contribution in [-0.2, 0) is 33.0 Å². The first-order valence-electron chi connectivity index (χ1n) is 14.9. The Kier molecular flexibility index (Phi) is 11.2. The quantitative estimate of drug-likeness (QED) is 0.400. The SMILES string of the molecule is CC(C)(C)[S@@](=O)N=C1CCC1.Cc1ccc(C2(N)CCC2)nc1.Cc1ccc(C2(N[S@](=O)C(C)(C)C)CCC2)nc1. The summed E-state index contributed by atoms with van der Waals surface area (Å²) in [5.41, 5.74) is 11.4. The summed E-state index contributed by atoms with van der Waals surface area (Å²) < 4.78 is 30.7. The molecule has 9 heteroatoms. The molecule has 0 amide bonds. The Morgan fingerprint density at radius 1 is 0.780 bits per heavy atom. The van der Waals surface area contributed by atoms with Crippen LogP contribution in [0, 0.1) is 13.8 Å². The Bertz CT molecular complexity index is 1210. The molecule has 3 aliphatic carbocycles. The topological polar surface area (TPSA) is 110 Å². The van der Waals surface area contributed by atoms with Crippen molar-refractivity contribution < 1.29 is 8.42 Å². The van der Waals surface area contributed by atoms with Crippen molar-refractivity contribution in [1.29, 1.82) is 0 Å². The first-order valence-corrected chi connectivity index (χ1v) is 17.1. The lowest BCUT2D eigenvalue weighted by Crippen LogP contribution is -2.52. The Hall–Kier alpha value is -1.81. The summed E-state index contributed by atoms with van der Waals surface area (Å²) in [5.74, 6) is 0. The van der Waals surface area contributed by atoms with E-state index in [1.54, 1.807) is 0 Å². The lowest BCUT2D eigenvalue weighted by molar-refractivity contribution is 0.220. The van der Waals surface area contributed by atoms with E-state index in [0.29, 0.717) is 0 Å². The van der Waals surface area contributed by atoms with Gasteiger partial charge < -0.3 is 5.73 Å². The fourth-order valence-corrected chi connectivity index (χ4v) is 5.94. The predicted octanol–water partition coefficient (Wildman–Crippen LogP) is 6.62. The molecule has 0 radical (unpaired) electrons. The maximum atomic E-state index is 12.3. The van der Waals surface area contributed by atoms with Crippen LogP contribution in [0.3, 0.4) is 0 Å². The van der Waals surface area contributed by atoms with Crippen LogP contribution in [0.1, 0.15) is 122 Å². The van der Waals surface area contributed by atoms with Gasteiger partial charge in [0.15, 0.2) is 0 Å². The average molecular weight is 602 g/mol. The van der Waals surface area contributed by atoms with Crippen molar-refractivity contribution in [3.63, 3.8) is 0 Å². The van der Waals surface area contributed by atoms with Crippen molar-refractivity contribution in [3.8, 4) is 0 Å². The molecule has 0 bridgehead atoms. The van der Waals surface area contributed by atoms with Gasteiger partial charge in [-0.3, -0.25) is 9.97 Å². The second-order valence-corrected chi connectivity index (χ2v) is 17.6. The van der Waals surface area contributed by atoms with Gasteiger partial charge in [0.05, 0.1) is 42.9 Å². The monoisotopic (exact) mass is 601 g/mol. The van der Waals surface area contributed by atoms with Gasteiger partial charge in [-0.05, 0) is 136 Å². The lowest BCUT2D eigenvalue weighted by atomic mass is 9.75. The largest absolute Gasteiger partial charge is 0.320 e. The Morgan fingerprint density at radius 2 is 1.29 bits per heavy atom. The molecular weight excluding hydrogens is 551 g/mol. The Labute approximate surface area is 253 Å². The number of rotatable bonds is 5. The van der Waals surface area contributed by atoms with Gasteiger partial charge >= 0.3 is 0 Å². The van der Waals surface area contributed by atoms with Gasteiger partial charge in [0, 0.05) is 18.1 Å². The smallest absolute Gasteiger partial charge is 0.144 e. The third-order valence-electron chi connectivity index (χ3n) is 7.79. The summed E-state index contributed by atoms with van der Waals surface area (Å²) in [6.45, 7) is 15.9. The zero-order valence-electron chi connectivity index (χ0n) is 26.4. The molecule has 7 nitrogen and oxygen atoms in total. The molecule has 0 unspecified atom stereocenters. The van der Waals surface area contributed by atoms with Gasteiger partial charge in [-0.1, -0.05) is 12.1 Å². The van der Waals surface area contributed by atoms with Gasteiger partial charge in [-0.2, -0.15) is 4.40 Å². The molecule has 2 heterocycles. The van der Waals surface area contributed by atoms with Gasteiger partial charge in [0.25, 0.3) is 0 Å². The van der Waals surface area contributed by atoms with E-state index in [1.807, 2.05) is 67.8 Å². The highest BCUT2D eigenvalue weighted by Crippen LogP contribution is 2.41. The van der Waals surface area contributed by atoms with Crippen LogP contribution in [0.2, 0.25) is 0 Å². The van der Waals surface area contributed by atoms with E-state index in [2.05, 4.69) is 43.4 Å². The van der Waals surface area contributed by atoms with Crippen LogP contribution in [0.25, 0.3) is 0 Å². The number of hydrogen-bond acceptors (Lipinski definition) is 5. The lowest BCUT2D eigenvalue weighted by Gasteiger charge is -2.43. The maximum Gasteiger partial charge on any atom is 0.144 e. The molecule has 3 fully saturated rings. The predicted molar refractivity (Wildman–Crippen MR) is 173 cm³/mol. The first-order chi connectivity index (χ1) is 19.0. The van der Waals surface area contributed by atoms with Crippen LogP contribution in [0.15, 0.2) is 41.1 Å². The van der Waals surface area contributed by atoms with Crippen LogP contribution < -0.4 is 10.5 Å². The van der Waals surface area contributed by atoms with Gasteiger partial charge in [-0.15, -0.1) is 0 Å². The summed E-state index contributed by atoms with van der Waals surface area (Å²) in [7, 11) is -2.08. The molecule has 2 aromatic heterocycles. The van der Waals surface area contributed by atoms with Crippen LogP contribution >= 0.6 is 0 Å². The summed E-state index contributed by atoms with van der Waals surface area (Å²) in [4.78, 5) is 8.86. The van der Waals surface area contributed by atoms with E-state index in [4.69, 9.17) is 5.73 Å². The number of nitrogens with two attached hydrogens (primary N) is 1. The summed E-state index contributed by atoms with van der Waals surface area (Å²) >= 11 is 0. The van der Waals surface area contributed by atoms with Crippen molar-refractivity contribution in [3.05, 3.63) is 59.2 Å². The van der Waals surface area contributed by atoms with Gasteiger partial charge in [-0.25, -0.2) is 13.1 Å². The van der Waals surface area contributed by atoms with E-state index in [9.17, 15) is 8.42 Å². The van der Waals surface area contributed by atoms with E-state index in [0.717, 1.165) is 61.2 Å². The number of nitrogens with one attached hydrogen (secondary N) is 1. The highest BCUT2D eigenvalue weighted by Gasteiger charge is 2.42. The van der Waals surface area contributed by atoms with Crippen LogP contribution in [-0.4, -0.2) is 33.6 Å². The third kappa shape index (κ3) is 9.34. The summed E-state index contributed by atoms with van der Waals surface area (Å²) in [6.07, 6.45) is 13.7. The number of pyridine rings is 2. The second kappa shape index (κ2) is 13.7. The average Bonchev–Trinajstić information content (AvgIpc) is 2.82. The second-order valence-electron chi connectivity index (χ2n) is 13.7. The molecule has 5 rings (SSSR count). The zero-order valence-corrected chi connectivity index (χ0v) is 28.0. The van der Waals surface area contributed by atoms with Crippen molar-refractivity contribution >= 4 is 27.7 Å². The summed E-state index contributed by atoms with van der Waals surface area (Å²) in [5, 5.41) is 0. The molecule has 0 spiro atoms. The fourth-order valence-electron chi connectivity index (χ4n) is 4.28. The number of hydrogen-bond donors (Lipinski definition) is 2. The molecule has 2 aromatic rings. The molecule has 41 heavy (non-hydrogen) atoms. The van der Waals surface area contributed by atoms with Crippen molar-refractivity contribution in [1.82, 2.24) is 14.7 Å². The van der Waals surface area contributed by atoms with E-state index < -0.39 is 22.0 Å². The highest BCUT2D eigenvalue weighted by molar-refractivity contribution is 7.85. The van der Waals surface area contributed by atoms with Gasteiger partial charge in [0.2, 0.25) is 0 Å². The molecule has 0 aromatic carbocycles. The molecule has 3 saturated carbocycles. The molecule has 3 N–H and O–H groups in total. The Morgan fingerprint density at radius 3 is 1.61 bits per heavy atom. The molecule has 3 aliphatic rings. The minimum atomic E-state index is -1.05. The maximum absolute atomic E-state index is 12.3.